The van der Waals surface area contributed by atoms with Crippen LogP contribution < -0.4 is 10.6 Å². The Hall–Kier alpha value is -1.94. The van der Waals surface area contributed by atoms with Gasteiger partial charge in [0.15, 0.2) is 0 Å². The molecular formula is C20H26N4. The highest BCUT2D eigenvalue weighted by atomic mass is 15.0. The van der Waals surface area contributed by atoms with Crippen molar-refractivity contribution in [2.45, 2.75) is 50.6 Å². The summed E-state index contributed by atoms with van der Waals surface area (Å²) in [5.74, 6) is 1.78. The predicted octanol–water partition coefficient (Wildman–Crippen LogP) is 4.00. The molecule has 2 aliphatic rings. The highest BCUT2D eigenvalue weighted by Gasteiger charge is 2.21. The van der Waals surface area contributed by atoms with E-state index in [-0.39, 0.29) is 0 Å². The van der Waals surface area contributed by atoms with Gasteiger partial charge in [0.25, 0.3) is 0 Å². The molecule has 0 unspecified atom stereocenters. The Morgan fingerprint density at radius 3 is 2.54 bits per heavy atom. The molecule has 4 heteroatoms. The molecule has 4 rings (SSSR count). The predicted molar refractivity (Wildman–Crippen MR) is 100 cm³/mol. The number of nitrogens with zero attached hydrogens (tertiary/aromatic N) is 2. The zero-order valence-corrected chi connectivity index (χ0v) is 14.3. The first-order valence-corrected chi connectivity index (χ1v) is 9.18. The summed E-state index contributed by atoms with van der Waals surface area (Å²) in [7, 11) is 2.06. The Balaban J connectivity index is 1.54. The smallest absolute Gasteiger partial charge is 0.137 e. The van der Waals surface area contributed by atoms with Gasteiger partial charge < -0.3 is 10.6 Å². The van der Waals surface area contributed by atoms with Gasteiger partial charge in [0.05, 0.1) is 5.52 Å². The van der Waals surface area contributed by atoms with Gasteiger partial charge in [-0.05, 0) is 69.2 Å². The second-order valence-corrected chi connectivity index (χ2v) is 7.18. The number of anilines is 1. The molecule has 2 aromatic rings. The first-order chi connectivity index (χ1) is 11.8. The standard InChI is InChI=1S/C20H26N4/c1-21-16-7-9-17(10-8-16)24-20-18-12-15(5-4-14-2-3-14)6-11-19(18)22-13-23-20/h4-6,11-14,16-17,21H,2-3,7-10H2,1H3,(H,22,23,24)/b5-4+. The van der Waals surface area contributed by atoms with Gasteiger partial charge in [-0.1, -0.05) is 18.2 Å². The van der Waals surface area contributed by atoms with Crippen LogP contribution in [0.4, 0.5) is 5.82 Å². The number of allylic oxidation sites excluding steroid dienone is 1. The van der Waals surface area contributed by atoms with Crippen LogP contribution >= 0.6 is 0 Å². The molecule has 126 valence electrons. The molecule has 2 aliphatic carbocycles. The zero-order chi connectivity index (χ0) is 16.4. The van der Waals surface area contributed by atoms with E-state index in [0.717, 1.165) is 22.6 Å². The maximum absolute atomic E-state index is 4.53. The van der Waals surface area contributed by atoms with Crippen molar-refractivity contribution in [2.24, 2.45) is 5.92 Å². The lowest BCUT2D eigenvalue weighted by molar-refractivity contribution is 0.371. The lowest BCUT2D eigenvalue weighted by atomic mass is 9.91. The highest BCUT2D eigenvalue weighted by molar-refractivity contribution is 5.90. The van der Waals surface area contributed by atoms with Crippen LogP contribution in [-0.2, 0) is 0 Å². The van der Waals surface area contributed by atoms with Crippen LogP contribution in [0.25, 0.3) is 17.0 Å². The lowest BCUT2D eigenvalue weighted by Gasteiger charge is -2.29. The molecule has 1 heterocycles. The molecule has 2 saturated carbocycles. The van der Waals surface area contributed by atoms with E-state index in [1.54, 1.807) is 6.33 Å². The number of hydrogen-bond donors (Lipinski definition) is 2. The van der Waals surface area contributed by atoms with E-state index >= 15 is 0 Å². The molecule has 2 fully saturated rings. The van der Waals surface area contributed by atoms with Crippen LogP contribution in [0.15, 0.2) is 30.6 Å². The average molecular weight is 322 g/mol. The molecule has 2 N–H and O–H groups in total. The first-order valence-electron chi connectivity index (χ1n) is 9.18. The Labute approximate surface area is 143 Å². The van der Waals surface area contributed by atoms with Crippen molar-refractivity contribution in [2.75, 3.05) is 12.4 Å². The van der Waals surface area contributed by atoms with E-state index in [2.05, 4.69) is 58.0 Å². The fourth-order valence-electron chi connectivity index (χ4n) is 3.55. The Kier molecular flexibility index (Phi) is 4.48. The fraction of sp³-hybridized carbons (Fsp3) is 0.500. The molecule has 0 amide bonds. The molecule has 0 radical (unpaired) electrons. The number of benzene rings is 1. The third-order valence-corrected chi connectivity index (χ3v) is 5.32. The van der Waals surface area contributed by atoms with Gasteiger partial charge in [0.1, 0.15) is 12.1 Å². The summed E-state index contributed by atoms with van der Waals surface area (Å²) in [6.07, 6.45) is 13.8. The molecule has 0 saturated heterocycles. The summed E-state index contributed by atoms with van der Waals surface area (Å²) >= 11 is 0. The quantitative estimate of drug-likeness (QED) is 0.874. The second-order valence-electron chi connectivity index (χ2n) is 7.18. The summed E-state index contributed by atoms with van der Waals surface area (Å²) in [4.78, 5) is 8.95. The van der Waals surface area contributed by atoms with Crippen molar-refractivity contribution < 1.29 is 0 Å². The minimum absolute atomic E-state index is 0.512. The van der Waals surface area contributed by atoms with Crippen molar-refractivity contribution in [3.63, 3.8) is 0 Å². The molecule has 4 nitrogen and oxygen atoms in total. The third kappa shape index (κ3) is 3.59. The minimum atomic E-state index is 0.512. The molecular weight excluding hydrogens is 296 g/mol. The Morgan fingerprint density at radius 2 is 1.79 bits per heavy atom. The number of aromatic nitrogens is 2. The molecule has 1 aromatic carbocycles. The third-order valence-electron chi connectivity index (χ3n) is 5.32. The maximum Gasteiger partial charge on any atom is 0.137 e. The Morgan fingerprint density at radius 1 is 1.00 bits per heavy atom. The van der Waals surface area contributed by atoms with E-state index in [1.807, 2.05) is 0 Å². The SMILES string of the molecule is CNC1CCC(Nc2ncnc3ccc(/C=C/C4CC4)cc23)CC1. The van der Waals surface area contributed by atoms with Gasteiger partial charge >= 0.3 is 0 Å². The van der Waals surface area contributed by atoms with E-state index in [4.69, 9.17) is 0 Å². The minimum Gasteiger partial charge on any atom is -0.367 e. The van der Waals surface area contributed by atoms with Crippen molar-refractivity contribution in [3.8, 4) is 0 Å². The van der Waals surface area contributed by atoms with Gasteiger partial charge in [-0.3, -0.25) is 0 Å². The van der Waals surface area contributed by atoms with Crippen molar-refractivity contribution >= 4 is 22.8 Å². The second kappa shape index (κ2) is 6.89. The number of hydrogen-bond acceptors (Lipinski definition) is 4. The topological polar surface area (TPSA) is 49.8 Å². The van der Waals surface area contributed by atoms with Crippen LogP contribution in [0.2, 0.25) is 0 Å². The van der Waals surface area contributed by atoms with Gasteiger partial charge in [0.2, 0.25) is 0 Å². The summed E-state index contributed by atoms with van der Waals surface area (Å²) in [5, 5.41) is 8.19. The lowest BCUT2D eigenvalue weighted by Crippen LogP contribution is -2.35. The monoisotopic (exact) mass is 322 g/mol. The summed E-state index contributed by atoms with van der Waals surface area (Å²) in [5.41, 5.74) is 2.26. The normalized spacial score (nSPS) is 24.5. The largest absolute Gasteiger partial charge is 0.367 e. The summed E-state index contributed by atoms with van der Waals surface area (Å²) in [6.45, 7) is 0. The van der Waals surface area contributed by atoms with E-state index in [0.29, 0.717) is 12.1 Å². The van der Waals surface area contributed by atoms with Crippen molar-refractivity contribution in [1.82, 2.24) is 15.3 Å². The highest BCUT2D eigenvalue weighted by Crippen LogP contribution is 2.31. The number of rotatable bonds is 5. The van der Waals surface area contributed by atoms with Gasteiger partial charge in [-0.25, -0.2) is 9.97 Å². The van der Waals surface area contributed by atoms with Gasteiger partial charge in [-0.15, -0.1) is 0 Å². The van der Waals surface area contributed by atoms with Crippen molar-refractivity contribution in [1.29, 1.82) is 0 Å². The first kappa shape index (κ1) is 15.6. The van der Waals surface area contributed by atoms with E-state index < -0.39 is 0 Å². The van der Waals surface area contributed by atoms with Gasteiger partial charge in [-0.2, -0.15) is 0 Å². The van der Waals surface area contributed by atoms with Crippen LogP contribution in [0, 0.1) is 5.92 Å². The fourth-order valence-corrected chi connectivity index (χ4v) is 3.55. The number of fused-ring (bicyclic) bond motifs is 1. The molecule has 0 aliphatic heterocycles. The Bertz CT molecular complexity index is 727. The maximum atomic E-state index is 4.53. The molecule has 24 heavy (non-hydrogen) atoms. The van der Waals surface area contributed by atoms with Crippen LogP contribution in [-0.4, -0.2) is 29.1 Å². The van der Waals surface area contributed by atoms with Gasteiger partial charge in [0, 0.05) is 17.5 Å². The van der Waals surface area contributed by atoms with Crippen LogP contribution in [0.1, 0.15) is 44.1 Å². The van der Waals surface area contributed by atoms with Crippen molar-refractivity contribution in [3.05, 3.63) is 36.2 Å². The average Bonchev–Trinajstić information content (AvgIpc) is 3.45. The van der Waals surface area contributed by atoms with E-state index in [9.17, 15) is 0 Å². The molecule has 1 aromatic heterocycles. The molecule has 0 atom stereocenters. The molecule has 0 spiro atoms. The van der Waals surface area contributed by atoms with E-state index in [1.165, 1.54) is 44.1 Å². The number of nitrogens with one attached hydrogen (secondary N) is 2. The summed E-state index contributed by atoms with van der Waals surface area (Å²) in [6, 6.07) is 7.65. The summed E-state index contributed by atoms with van der Waals surface area (Å²) < 4.78 is 0. The van der Waals surface area contributed by atoms with Crippen LogP contribution in [0.5, 0.6) is 0 Å². The zero-order valence-electron chi connectivity index (χ0n) is 14.3. The molecule has 0 bridgehead atoms. The van der Waals surface area contributed by atoms with Crippen LogP contribution in [0.3, 0.4) is 0 Å².